The largest absolute Gasteiger partial charge is 0.478 e. The van der Waals surface area contributed by atoms with Gasteiger partial charge < -0.3 is 5.11 Å². The van der Waals surface area contributed by atoms with E-state index in [2.05, 4.69) is 26.0 Å². The monoisotopic (exact) mass is 298 g/mol. The molecule has 1 saturated carbocycles. The number of aryl methyl sites for hydroxylation is 1. The molecular formula is C20H26O2. The number of carboxylic acids is 1. The number of hydrogen-bond acceptors (Lipinski definition) is 1. The topological polar surface area (TPSA) is 37.3 Å². The SMILES string of the molecule is CC1(C)CCC(c2cc(C(=O)O)cc3c2C=CCCC3)CC1. The van der Waals surface area contributed by atoms with Crippen LogP contribution < -0.4 is 0 Å². The molecule has 2 heteroatoms. The summed E-state index contributed by atoms with van der Waals surface area (Å²) in [5, 5.41) is 9.44. The Morgan fingerprint density at radius 1 is 1.23 bits per heavy atom. The minimum Gasteiger partial charge on any atom is -0.478 e. The highest BCUT2D eigenvalue weighted by molar-refractivity contribution is 5.89. The van der Waals surface area contributed by atoms with Crippen molar-refractivity contribution in [2.45, 2.75) is 64.7 Å². The van der Waals surface area contributed by atoms with E-state index in [9.17, 15) is 9.90 Å². The van der Waals surface area contributed by atoms with Crippen LogP contribution in [0, 0.1) is 5.41 Å². The Hall–Kier alpha value is -1.57. The smallest absolute Gasteiger partial charge is 0.335 e. The minimum absolute atomic E-state index is 0.438. The Morgan fingerprint density at radius 3 is 2.64 bits per heavy atom. The van der Waals surface area contributed by atoms with Crippen molar-refractivity contribution in [2.24, 2.45) is 5.41 Å². The van der Waals surface area contributed by atoms with Crippen molar-refractivity contribution in [1.82, 2.24) is 0 Å². The molecule has 1 aromatic carbocycles. The van der Waals surface area contributed by atoms with Crippen molar-refractivity contribution in [3.63, 3.8) is 0 Å². The number of fused-ring (bicyclic) bond motifs is 1. The van der Waals surface area contributed by atoms with Crippen molar-refractivity contribution in [3.8, 4) is 0 Å². The van der Waals surface area contributed by atoms with Crippen molar-refractivity contribution in [2.75, 3.05) is 0 Å². The summed E-state index contributed by atoms with van der Waals surface area (Å²) < 4.78 is 0. The molecule has 0 unspecified atom stereocenters. The highest BCUT2D eigenvalue weighted by atomic mass is 16.4. The Bertz CT molecular complexity index is 600. The quantitative estimate of drug-likeness (QED) is 0.791. The molecule has 118 valence electrons. The first-order valence-corrected chi connectivity index (χ1v) is 8.53. The first-order valence-electron chi connectivity index (χ1n) is 8.53. The van der Waals surface area contributed by atoms with Crippen LogP contribution in [-0.4, -0.2) is 11.1 Å². The first kappa shape index (κ1) is 15.3. The molecule has 0 aromatic heterocycles. The van der Waals surface area contributed by atoms with E-state index in [1.807, 2.05) is 12.1 Å². The molecule has 0 aliphatic heterocycles. The van der Waals surface area contributed by atoms with Crippen LogP contribution in [0.1, 0.15) is 85.3 Å². The molecule has 2 nitrogen and oxygen atoms in total. The van der Waals surface area contributed by atoms with E-state index < -0.39 is 5.97 Å². The maximum absolute atomic E-state index is 11.5. The molecule has 0 atom stereocenters. The number of rotatable bonds is 2. The van der Waals surface area contributed by atoms with E-state index in [0.29, 0.717) is 16.9 Å². The van der Waals surface area contributed by atoms with E-state index in [1.165, 1.54) is 42.4 Å². The summed E-state index contributed by atoms with van der Waals surface area (Å²) in [6.45, 7) is 4.69. The maximum atomic E-state index is 11.5. The van der Waals surface area contributed by atoms with Gasteiger partial charge in [-0.25, -0.2) is 4.79 Å². The summed E-state index contributed by atoms with van der Waals surface area (Å²) in [5.74, 6) is -0.280. The van der Waals surface area contributed by atoms with Gasteiger partial charge in [-0.15, -0.1) is 0 Å². The van der Waals surface area contributed by atoms with Gasteiger partial charge in [-0.1, -0.05) is 26.0 Å². The number of carbonyl (C=O) groups is 1. The lowest BCUT2D eigenvalue weighted by Gasteiger charge is -2.35. The summed E-state index contributed by atoms with van der Waals surface area (Å²) in [6, 6.07) is 3.84. The predicted octanol–water partition coefficient (Wildman–Crippen LogP) is 5.42. The summed E-state index contributed by atoms with van der Waals surface area (Å²) in [6.07, 6.45) is 12.5. The molecule has 1 N–H and O–H groups in total. The third-order valence-corrected chi connectivity index (χ3v) is 5.43. The van der Waals surface area contributed by atoms with Gasteiger partial charge in [0.1, 0.15) is 0 Å². The summed E-state index contributed by atoms with van der Waals surface area (Å²) in [5.41, 5.74) is 4.73. The molecule has 2 aliphatic rings. The van der Waals surface area contributed by atoms with Crippen molar-refractivity contribution in [3.05, 3.63) is 40.5 Å². The molecule has 1 aromatic rings. The van der Waals surface area contributed by atoms with E-state index in [1.54, 1.807) is 0 Å². The molecule has 0 bridgehead atoms. The summed E-state index contributed by atoms with van der Waals surface area (Å²) in [4.78, 5) is 11.5. The molecule has 3 rings (SSSR count). The fourth-order valence-electron chi connectivity index (χ4n) is 3.93. The molecule has 0 radical (unpaired) electrons. The molecule has 0 heterocycles. The molecule has 2 aliphatic carbocycles. The van der Waals surface area contributed by atoms with Crippen LogP contribution in [0.5, 0.6) is 0 Å². The Labute approximate surface area is 133 Å². The van der Waals surface area contributed by atoms with Gasteiger partial charge in [-0.05, 0) is 85.1 Å². The van der Waals surface area contributed by atoms with Gasteiger partial charge in [-0.3, -0.25) is 0 Å². The van der Waals surface area contributed by atoms with Crippen molar-refractivity contribution in [1.29, 1.82) is 0 Å². The van der Waals surface area contributed by atoms with Crippen molar-refractivity contribution < 1.29 is 9.90 Å². The first-order chi connectivity index (χ1) is 10.5. The van der Waals surface area contributed by atoms with Crippen LogP contribution in [0.2, 0.25) is 0 Å². The van der Waals surface area contributed by atoms with Gasteiger partial charge in [0.05, 0.1) is 5.56 Å². The predicted molar refractivity (Wildman–Crippen MR) is 90.4 cm³/mol. The zero-order chi connectivity index (χ0) is 15.7. The van der Waals surface area contributed by atoms with Crippen LogP contribution in [0.4, 0.5) is 0 Å². The standard InChI is InChI=1S/C20H26O2/c1-20(2)10-8-14(9-11-20)18-13-16(19(21)22)12-15-6-4-3-5-7-17(15)18/h5,7,12-14H,3-4,6,8-11H2,1-2H3,(H,21,22). The number of carboxylic acid groups (broad SMARTS) is 1. The van der Waals surface area contributed by atoms with Gasteiger partial charge in [-0.2, -0.15) is 0 Å². The average Bonchev–Trinajstić information content (AvgIpc) is 2.71. The maximum Gasteiger partial charge on any atom is 0.335 e. The number of benzene rings is 1. The van der Waals surface area contributed by atoms with Gasteiger partial charge in [0.2, 0.25) is 0 Å². The minimum atomic E-state index is -0.798. The van der Waals surface area contributed by atoms with Gasteiger partial charge in [0, 0.05) is 0 Å². The van der Waals surface area contributed by atoms with E-state index in [0.717, 1.165) is 19.3 Å². The van der Waals surface area contributed by atoms with Crippen LogP contribution in [0.15, 0.2) is 18.2 Å². The second-order valence-electron chi connectivity index (χ2n) is 7.68. The second kappa shape index (κ2) is 5.91. The fraction of sp³-hybridized carbons (Fsp3) is 0.550. The third kappa shape index (κ3) is 3.11. The van der Waals surface area contributed by atoms with Gasteiger partial charge >= 0.3 is 5.97 Å². The van der Waals surface area contributed by atoms with E-state index in [-0.39, 0.29) is 0 Å². The summed E-state index contributed by atoms with van der Waals surface area (Å²) in [7, 11) is 0. The summed E-state index contributed by atoms with van der Waals surface area (Å²) >= 11 is 0. The highest BCUT2D eigenvalue weighted by Gasteiger charge is 2.29. The Morgan fingerprint density at radius 2 is 1.95 bits per heavy atom. The van der Waals surface area contributed by atoms with Crippen molar-refractivity contribution >= 4 is 12.0 Å². The van der Waals surface area contributed by atoms with E-state index >= 15 is 0 Å². The number of aromatic carboxylic acids is 1. The molecule has 0 saturated heterocycles. The zero-order valence-electron chi connectivity index (χ0n) is 13.7. The molecular weight excluding hydrogens is 272 g/mol. The lowest BCUT2D eigenvalue weighted by atomic mass is 9.70. The molecule has 1 fully saturated rings. The number of allylic oxidation sites excluding steroid dienone is 1. The normalized spacial score (nSPS) is 21.2. The van der Waals surface area contributed by atoms with Gasteiger partial charge in [0.25, 0.3) is 0 Å². The second-order valence-corrected chi connectivity index (χ2v) is 7.68. The molecule has 22 heavy (non-hydrogen) atoms. The zero-order valence-corrected chi connectivity index (χ0v) is 13.7. The molecule has 0 spiro atoms. The van der Waals surface area contributed by atoms with E-state index in [4.69, 9.17) is 0 Å². The van der Waals surface area contributed by atoms with Crippen LogP contribution >= 0.6 is 0 Å². The van der Waals surface area contributed by atoms with Gasteiger partial charge in [0.15, 0.2) is 0 Å². The molecule has 0 amide bonds. The lowest BCUT2D eigenvalue weighted by Crippen LogP contribution is -2.21. The van der Waals surface area contributed by atoms with Crippen LogP contribution in [0.25, 0.3) is 6.08 Å². The fourth-order valence-corrected chi connectivity index (χ4v) is 3.93. The Balaban J connectivity index is 2.01. The number of hydrogen-bond donors (Lipinski definition) is 1. The average molecular weight is 298 g/mol. The lowest BCUT2D eigenvalue weighted by molar-refractivity contribution is 0.0696. The van der Waals surface area contributed by atoms with Crippen LogP contribution in [-0.2, 0) is 6.42 Å². The Kier molecular flexibility index (Phi) is 4.12. The van der Waals surface area contributed by atoms with Crippen LogP contribution in [0.3, 0.4) is 0 Å². The highest BCUT2D eigenvalue weighted by Crippen LogP contribution is 2.44. The third-order valence-electron chi connectivity index (χ3n) is 5.43.